The Balaban J connectivity index is 1.40. The molecular weight excluding hydrogens is 350 g/mol. The van der Waals surface area contributed by atoms with Gasteiger partial charge < -0.3 is 19.4 Å². The number of amides is 3. The zero-order chi connectivity index (χ0) is 18.1. The number of carbonyl (C=O) groups is 2. The van der Waals surface area contributed by atoms with Crippen LogP contribution in [0.1, 0.15) is 30.6 Å². The molecule has 0 unspecified atom stereocenters. The van der Waals surface area contributed by atoms with E-state index in [1.54, 1.807) is 11.3 Å². The first kappa shape index (κ1) is 17.8. The number of urea groups is 1. The Morgan fingerprint density at radius 1 is 1.31 bits per heavy atom. The minimum atomic E-state index is -0.0715. The largest absolute Gasteiger partial charge is 0.381 e. The number of likely N-dealkylation sites (N-methyl/N-ethyl adjacent to an activating group) is 1. The van der Waals surface area contributed by atoms with Gasteiger partial charge in [0.05, 0.1) is 12.0 Å². The topological polar surface area (TPSA) is 53.1 Å². The molecule has 3 aliphatic rings. The smallest absolute Gasteiger partial charge is 0.320 e. The molecule has 6 nitrogen and oxygen atoms in total. The number of hydrogen-bond donors (Lipinski definition) is 0. The fourth-order valence-electron chi connectivity index (χ4n) is 4.71. The van der Waals surface area contributed by atoms with E-state index in [4.69, 9.17) is 4.74 Å². The normalized spacial score (nSPS) is 23.9. The molecule has 1 spiro atoms. The van der Waals surface area contributed by atoms with Crippen molar-refractivity contribution < 1.29 is 14.3 Å². The molecule has 0 radical (unpaired) electrons. The summed E-state index contributed by atoms with van der Waals surface area (Å²) in [4.78, 5) is 32.5. The van der Waals surface area contributed by atoms with Gasteiger partial charge in [0.15, 0.2) is 0 Å². The quantitative estimate of drug-likeness (QED) is 0.811. The molecule has 3 saturated heterocycles. The van der Waals surface area contributed by atoms with Crippen LogP contribution in [0.15, 0.2) is 17.5 Å². The summed E-state index contributed by atoms with van der Waals surface area (Å²) < 4.78 is 5.55. The van der Waals surface area contributed by atoms with Gasteiger partial charge in [-0.15, -0.1) is 11.3 Å². The van der Waals surface area contributed by atoms with E-state index in [9.17, 15) is 9.59 Å². The summed E-state index contributed by atoms with van der Waals surface area (Å²) in [5, 5.41) is 2.01. The molecule has 0 bridgehead atoms. The number of hydrogen-bond acceptors (Lipinski definition) is 4. The molecule has 0 aromatic carbocycles. The van der Waals surface area contributed by atoms with Crippen molar-refractivity contribution in [3.63, 3.8) is 0 Å². The third kappa shape index (κ3) is 3.22. The Morgan fingerprint density at radius 3 is 2.69 bits per heavy atom. The maximum absolute atomic E-state index is 12.8. The van der Waals surface area contributed by atoms with Crippen LogP contribution >= 0.6 is 11.3 Å². The van der Waals surface area contributed by atoms with Crippen molar-refractivity contribution in [3.05, 3.63) is 22.4 Å². The van der Waals surface area contributed by atoms with Crippen LogP contribution in [0, 0.1) is 0 Å². The lowest BCUT2D eigenvalue weighted by Crippen LogP contribution is -2.57. The number of nitrogens with zero attached hydrogens (tertiary/aromatic N) is 3. The molecule has 0 N–H and O–H groups in total. The maximum atomic E-state index is 12.8. The minimum absolute atomic E-state index is 0.0715. The Morgan fingerprint density at radius 2 is 2.04 bits per heavy atom. The number of thiophene rings is 1. The molecule has 142 valence electrons. The fraction of sp³-hybridized carbons (Fsp3) is 0.684. The molecule has 26 heavy (non-hydrogen) atoms. The zero-order valence-corrected chi connectivity index (χ0v) is 16.2. The van der Waals surface area contributed by atoms with Crippen molar-refractivity contribution in [1.82, 2.24) is 14.7 Å². The molecule has 0 atom stereocenters. The predicted molar refractivity (Wildman–Crippen MR) is 100 cm³/mol. The first-order valence-corrected chi connectivity index (χ1v) is 10.4. The van der Waals surface area contributed by atoms with Gasteiger partial charge in [0, 0.05) is 50.8 Å². The van der Waals surface area contributed by atoms with E-state index < -0.39 is 0 Å². The maximum Gasteiger partial charge on any atom is 0.320 e. The van der Waals surface area contributed by atoms with E-state index in [2.05, 4.69) is 4.90 Å². The van der Waals surface area contributed by atoms with Gasteiger partial charge >= 0.3 is 6.03 Å². The minimum Gasteiger partial charge on any atom is -0.381 e. The summed E-state index contributed by atoms with van der Waals surface area (Å²) in [6.45, 7) is 3.75. The third-order valence-electron chi connectivity index (χ3n) is 6.09. The highest BCUT2D eigenvalue weighted by molar-refractivity contribution is 7.10. The van der Waals surface area contributed by atoms with Gasteiger partial charge in [-0.3, -0.25) is 4.79 Å². The van der Waals surface area contributed by atoms with Crippen molar-refractivity contribution in [2.45, 2.75) is 43.7 Å². The van der Waals surface area contributed by atoms with Crippen LogP contribution in [0.5, 0.6) is 0 Å². The van der Waals surface area contributed by atoms with Crippen LogP contribution in [0.25, 0.3) is 0 Å². The molecular formula is C19H27N3O3S. The summed E-state index contributed by atoms with van der Waals surface area (Å²) >= 11 is 1.63. The van der Waals surface area contributed by atoms with Gasteiger partial charge in [0.2, 0.25) is 5.91 Å². The van der Waals surface area contributed by atoms with Gasteiger partial charge in [-0.2, -0.15) is 0 Å². The SMILES string of the molecule is CN1CC2(CCOCC2)N(C2CCN(C(=O)Cc3cccs3)CC2)C1=O. The fourth-order valence-corrected chi connectivity index (χ4v) is 5.41. The molecule has 4 rings (SSSR count). The number of likely N-dealkylation sites (tertiary alicyclic amines) is 1. The van der Waals surface area contributed by atoms with Crippen LogP contribution in [-0.2, 0) is 16.0 Å². The molecule has 1 aromatic rings. The van der Waals surface area contributed by atoms with Crippen LogP contribution in [0.3, 0.4) is 0 Å². The molecule has 3 aliphatic heterocycles. The van der Waals surface area contributed by atoms with E-state index in [0.717, 1.165) is 63.4 Å². The molecule has 1 aromatic heterocycles. The van der Waals surface area contributed by atoms with Gasteiger partial charge in [0.25, 0.3) is 0 Å². The van der Waals surface area contributed by atoms with Gasteiger partial charge in [0.1, 0.15) is 0 Å². The Labute approximate surface area is 158 Å². The molecule has 3 fully saturated rings. The molecule has 7 heteroatoms. The van der Waals surface area contributed by atoms with Crippen LogP contribution in [0.4, 0.5) is 4.79 Å². The summed E-state index contributed by atoms with van der Waals surface area (Å²) in [6, 6.07) is 4.39. The van der Waals surface area contributed by atoms with E-state index in [1.807, 2.05) is 34.4 Å². The summed E-state index contributed by atoms with van der Waals surface area (Å²) in [6.07, 6.45) is 4.08. The number of ether oxygens (including phenoxy) is 1. The lowest BCUT2D eigenvalue weighted by Gasteiger charge is -2.46. The molecule has 0 saturated carbocycles. The first-order chi connectivity index (χ1) is 12.6. The van der Waals surface area contributed by atoms with Crippen molar-refractivity contribution in [2.24, 2.45) is 0 Å². The second kappa shape index (κ2) is 7.19. The standard InChI is InChI=1S/C19H27N3O3S/c1-20-14-19(6-10-25-11-7-19)22(18(20)24)15-4-8-21(9-5-15)17(23)13-16-3-2-12-26-16/h2-3,12,15H,4-11,13-14H2,1H3. The van der Waals surface area contributed by atoms with Crippen LogP contribution in [0.2, 0.25) is 0 Å². The van der Waals surface area contributed by atoms with E-state index in [-0.39, 0.29) is 23.5 Å². The van der Waals surface area contributed by atoms with E-state index in [0.29, 0.717) is 6.42 Å². The van der Waals surface area contributed by atoms with E-state index in [1.165, 1.54) is 0 Å². The zero-order valence-electron chi connectivity index (χ0n) is 15.4. The average molecular weight is 378 g/mol. The monoisotopic (exact) mass is 377 g/mol. The highest BCUT2D eigenvalue weighted by Crippen LogP contribution is 2.38. The lowest BCUT2D eigenvalue weighted by atomic mass is 9.86. The third-order valence-corrected chi connectivity index (χ3v) is 6.96. The Bertz CT molecular complexity index is 649. The van der Waals surface area contributed by atoms with Crippen molar-refractivity contribution in [3.8, 4) is 0 Å². The van der Waals surface area contributed by atoms with Gasteiger partial charge in [-0.25, -0.2) is 4.79 Å². The van der Waals surface area contributed by atoms with E-state index >= 15 is 0 Å². The molecule has 0 aliphatic carbocycles. The first-order valence-electron chi connectivity index (χ1n) is 9.51. The van der Waals surface area contributed by atoms with Crippen molar-refractivity contribution in [2.75, 3.05) is 39.9 Å². The highest BCUT2D eigenvalue weighted by Gasteiger charge is 2.52. The second-order valence-corrected chi connectivity index (χ2v) is 8.75. The van der Waals surface area contributed by atoms with Crippen molar-refractivity contribution >= 4 is 23.3 Å². The average Bonchev–Trinajstić information content (AvgIpc) is 3.23. The summed E-state index contributed by atoms with van der Waals surface area (Å²) in [5.74, 6) is 0.205. The lowest BCUT2D eigenvalue weighted by molar-refractivity contribution is -0.132. The summed E-state index contributed by atoms with van der Waals surface area (Å²) in [7, 11) is 1.90. The van der Waals surface area contributed by atoms with Crippen molar-refractivity contribution in [1.29, 1.82) is 0 Å². The Kier molecular flexibility index (Phi) is 4.92. The van der Waals surface area contributed by atoms with Gasteiger partial charge in [-0.05, 0) is 37.1 Å². The number of carbonyl (C=O) groups excluding carboxylic acids is 2. The second-order valence-electron chi connectivity index (χ2n) is 7.71. The van der Waals surface area contributed by atoms with Crippen LogP contribution < -0.4 is 0 Å². The number of rotatable bonds is 3. The highest BCUT2D eigenvalue weighted by atomic mass is 32.1. The Hall–Kier alpha value is -1.60. The molecule has 4 heterocycles. The molecule has 3 amide bonds. The van der Waals surface area contributed by atoms with Crippen LogP contribution in [-0.4, -0.2) is 78.1 Å². The van der Waals surface area contributed by atoms with Gasteiger partial charge in [-0.1, -0.05) is 6.07 Å². The predicted octanol–water partition coefficient (Wildman–Crippen LogP) is 2.20. The summed E-state index contributed by atoms with van der Waals surface area (Å²) in [5.41, 5.74) is -0.0715. The number of piperidine rings is 1.